The van der Waals surface area contributed by atoms with Gasteiger partial charge in [-0.3, -0.25) is 19.2 Å². The fourth-order valence-electron chi connectivity index (χ4n) is 3.31. The van der Waals surface area contributed by atoms with Gasteiger partial charge in [-0.05, 0) is 24.3 Å². The molecule has 12 heteroatoms. The van der Waals surface area contributed by atoms with Gasteiger partial charge in [0.2, 0.25) is 12.2 Å². The van der Waals surface area contributed by atoms with Gasteiger partial charge in [-0.15, -0.1) is 0 Å². The molecule has 0 radical (unpaired) electrons. The van der Waals surface area contributed by atoms with Gasteiger partial charge in [0.1, 0.15) is 24.5 Å². The van der Waals surface area contributed by atoms with Crippen molar-refractivity contribution in [1.82, 2.24) is 5.32 Å². The molecule has 1 aromatic carbocycles. The maximum absolute atomic E-state index is 11.9. The molecule has 1 aromatic rings. The summed E-state index contributed by atoms with van der Waals surface area (Å²) in [6.45, 7) is 4.36. The molecule has 0 bridgehead atoms. The fourth-order valence-corrected chi connectivity index (χ4v) is 3.31. The molecule has 1 aliphatic rings. The Balaban J connectivity index is 2.42. The zero-order valence-electron chi connectivity index (χ0n) is 19.4. The molecule has 34 heavy (non-hydrogen) atoms. The summed E-state index contributed by atoms with van der Waals surface area (Å²) in [4.78, 5) is 58.6. The third-order valence-corrected chi connectivity index (χ3v) is 4.60. The van der Waals surface area contributed by atoms with Crippen LogP contribution in [-0.2, 0) is 42.9 Å². The summed E-state index contributed by atoms with van der Waals surface area (Å²) in [7, 11) is 1.25. The Morgan fingerprint density at radius 2 is 1.47 bits per heavy atom. The molecule has 2 rings (SSSR count). The fraction of sp³-hybridized carbons (Fsp3) is 0.500. The number of methoxy groups -OCH3 is 1. The SMILES string of the molecule is COC(=O)c1ccc(O[C@@H]2O[C@H](COC(C)=O)[C@H](OC(C)=O)[C@@H](OC(C)=O)[C@@H]2NC(C)=O)cc1. The molecule has 186 valence electrons. The topological polar surface area (TPSA) is 153 Å². The number of ether oxygens (including phenoxy) is 6. The minimum atomic E-state index is -1.26. The third-order valence-electron chi connectivity index (χ3n) is 4.60. The van der Waals surface area contributed by atoms with E-state index in [1.54, 1.807) is 0 Å². The van der Waals surface area contributed by atoms with Gasteiger partial charge >= 0.3 is 23.9 Å². The van der Waals surface area contributed by atoms with Crippen LogP contribution in [0.5, 0.6) is 5.75 Å². The minimum absolute atomic E-state index is 0.242. The summed E-state index contributed by atoms with van der Waals surface area (Å²) in [5.74, 6) is -2.84. The number of nitrogens with one attached hydrogen (secondary N) is 1. The molecule has 0 saturated carbocycles. The molecule has 0 aliphatic carbocycles. The van der Waals surface area contributed by atoms with Crippen LogP contribution in [0.25, 0.3) is 0 Å². The lowest BCUT2D eigenvalue weighted by Gasteiger charge is -2.44. The number of carbonyl (C=O) groups is 5. The molecule has 12 nitrogen and oxygen atoms in total. The van der Waals surface area contributed by atoms with Crippen molar-refractivity contribution in [3.63, 3.8) is 0 Å². The van der Waals surface area contributed by atoms with Crippen LogP contribution in [0.1, 0.15) is 38.1 Å². The predicted octanol–water partition coefficient (Wildman–Crippen LogP) is 0.508. The summed E-state index contributed by atoms with van der Waals surface area (Å²) in [5, 5.41) is 2.60. The molecule has 1 N–H and O–H groups in total. The van der Waals surface area contributed by atoms with E-state index in [1.165, 1.54) is 45.2 Å². The van der Waals surface area contributed by atoms with Crippen LogP contribution < -0.4 is 10.1 Å². The van der Waals surface area contributed by atoms with Gasteiger partial charge in [-0.2, -0.15) is 0 Å². The quantitative estimate of drug-likeness (QED) is 0.408. The summed E-state index contributed by atoms with van der Waals surface area (Å²) in [6.07, 6.45) is -4.82. The van der Waals surface area contributed by atoms with E-state index in [1.807, 2.05) is 0 Å². The van der Waals surface area contributed by atoms with Crippen LogP contribution in [0.4, 0.5) is 0 Å². The monoisotopic (exact) mass is 481 g/mol. The molecule has 0 aromatic heterocycles. The Morgan fingerprint density at radius 1 is 0.882 bits per heavy atom. The second-order valence-corrected chi connectivity index (χ2v) is 7.35. The van der Waals surface area contributed by atoms with Crippen molar-refractivity contribution in [3.05, 3.63) is 29.8 Å². The second kappa shape index (κ2) is 12.0. The first kappa shape index (κ1) is 26.6. The third kappa shape index (κ3) is 7.44. The molecule has 1 heterocycles. The summed E-state index contributed by atoms with van der Waals surface area (Å²) < 4.78 is 32.2. The first-order valence-corrected chi connectivity index (χ1v) is 10.3. The molecule has 5 atom stereocenters. The normalized spacial score (nSPS) is 23.7. The second-order valence-electron chi connectivity index (χ2n) is 7.35. The maximum atomic E-state index is 11.9. The Kier molecular flexibility index (Phi) is 9.36. The lowest BCUT2D eigenvalue weighted by molar-refractivity contribution is -0.257. The van der Waals surface area contributed by atoms with Crippen LogP contribution >= 0.6 is 0 Å². The van der Waals surface area contributed by atoms with E-state index in [4.69, 9.17) is 23.7 Å². The average molecular weight is 481 g/mol. The number of hydrogen-bond acceptors (Lipinski definition) is 11. The molecule has 1 aliphatic heterocycles. The first-order chi connectivity index (χ1) is 16.0. The largest absolute Gasteiger partial charge is 0.465 e. The van der Waals surface area contributed by atoms with Gasteiger partial charge < -0.3 is 33.7 Å². The standard InChI is InChI=1S/C22H27NO11/c1-11(24)23-18-20(32-14(4)27)19(31-13(3)26)17(10-30-12(2)25)34-22(18)33-16-8-6-15(7-9-16)21(28)29-5/h6-9,17-20,22H,10H2,1-5H3,(H,23,24)/t17-,18+,19+,20+,22-/m1/s1. The number of rotatable bonds is 8. The van der Waals surface area contributed by atoms with E-state index >= 15 is 0 Å². The van der Waals surface area contributed by atoms with Crippen molar-refractivity contribution < 1.29 is 52.4 Å². The number of hydrogen-bond donors (Lipinski definition) is 1. The molecule has 0 unspecified atom stereocenters. The van der Waals surface area contributed by atoms with E-state index in [2.05, 4.69) is 10.1 Å². The Morgan fingerprint density at radius 3 is 1.97 bits per heavy atom. The lowest BCUT2D eigenvalue weighted by Crippen LogP contribution is -2.67. The Labute approximate surface area is 195 Å². The Hall–Kier alpha value is -3.67. The van der Waals surface area contributed by atoms with Crippen LogP contribution in [0.2, 0.25) is 0 Å². The maximum Gasteiger partial charge on any atom is 0.337 e. The summed E-state index contributed by atoms with van der Waals surface area (Å²) in [6, 6.07) is 4.75. The number of amides is 1. The van der Waals surface area contributed by atoms with Gasteiger partial charge in [-0.1, -0.05) is 0 Å². The summed E-state index contributed by atoms with van der Waals surface area (Å²) >= 11 is 0. The number of esters is 4. The van der Waals surface area contributed by atoms with Crippen molar-refractivity contribution in [2.75, 3.05) is 13.7 Å². The van der Waals surface area contributed by atoms with Gasteiger partial charge in [0.25, 0.3) is 0 Å². The molecular weight excluding hydrogens is 454 g/mol. The molecule has 1 saturated heterocycles. The van der Waals surface area contributed by atoms with E-state index in [-0.39, 0.29) is 17.9 Å². The summed E-state index contributed by atoms with van der Waals surface area (Å²) in [5.41, 5.74) is 0.276. The van der Waals surface area contributed by atoms with E-state index in [0.29, 0.717) is 0 Å². The van der Waals surface area contributed by atoms with Crippen molar-refractivity contribution in [2.45, 2.75) is 58.3 Å². The van der Waals surface area contributed by atoms with Gasteiger partial charge in [0.15, 0.2) is 12.2 Å². The highest BCUT2D eigenvalue weighted by molar-refractivity contribution is 5.89. The number of carbonyl (C=O) groups excluding carboxylic acids is 5. The Bertz CT molecular complexity index is 914. The molecular formula is C22H27NO11. The van der Waals surface area contributed by atoms with Crippen LogP contribution in [0.15, 0.2) is 24.3 Å². The minimum Gasteiger partial charge on any atom is -0.465 e. The lowest BCUT2D eigenvalue weighted by atomic mass is 9.96. The highest BCUT2D eigenvalue weighted by atomic mass is 16.7. The van der Waals surface area contributed by atoms with Gasteiger partial charge in [-0.25, -0.2) is 4.79 Å². The molecule has 1 fully saturated rings. The van der Waals surface area contributed by atoms with Gasteiger partial charge in [0, 0.05) is 27.7 Å². The van der Waals surface area contributed by atoms with Crippen molar-refractivity contribution in [3.8, 4) is 5.75 Å². The first-order valence-electron chi connectivity index (χ1n) is 10.3. The van der Waals surface area contributed by atoms with E-state index in [9.17, 15) is 24.0 Å². The van der Waals surface area contributed by atoms with Crippen LogP contribution in [0, 0.1) is 0 Å². The van der Waals surface area contributed by atoms with Crippen LogP contribution in [-0.4, -0.2) is 74.1 Å². The van der Waals surface area contributed by atoms with Gasteiger partial charge in [0.05, 0.1) is 12.7 Å². The molecule has 1 amide bonds. The predicted molar refractivity (Wildman–Crippen MR) is 112 cm³/mol. The van der Waals surface area contributed by atoms with E-state index in [0.717, 1.165) is 13.8 Å². The van der Waals surface area contributed by atoms with E-state index < -0.39 is 60.4 Å². The zero-order chi connectivity index (χ0) is 25.4. The van der Waals surface area contributed by atoms with Crippen molar-refractivity contribution in [1.29, 1.82) is 0 Å². The number of benzene rings is 1. The highest BCUT2D eigenvalue weighted by Crippen LogP contribution is 2.29. The highest BCUT2D eigenvalue weighted by Gasteiger charge is 2.51. The molecule has 0 spiro atoms. The smallest absolute Gasteiger partial charge is 0.337 e. The average Bonchev–Trinajstić information content (AvgIpc) is 2.75. The van der Waals surface area contributed by atoms with Crippen LogP contribution in [0.3, 0.4) is 0 Å². The zero-order valence-corrected chi connectivity index (χ0v) is 19.4. The van der Waals surface area contributed by atoms with Crippen molar-refractivity contribution in [2.24, 2.45) is 0 Å². The van der Waals surface area contributed by atoms with Crippen molar-refractivity contribution >= 4 is 29.8 Å².